The van der Waals surface area contributed by atoms with E-state index in [-0.39, 0.29) is 34.4 Å². The van der Waals surface area contributed by atoms with Crippen molar-refractivity contribution in [3.05, 3.63) is 47.6 Å². The summed E-state index contributed by atoms with van der Waals surface area (Å²) in [7, 11) is 0. The number of carbonyl (C=O) groups is 1. The Kier molecular flexibility index (Phi) is 6.30. The molecule has 0 fully saturated rings. The zero-order valence-electron chi connectivity index (χ0n) is 17.5. The van der Waals surface area contributed by atoms with Crippen LogP contribution in [0.2, 0.25) is 0 Å². The highest BCUT2D eigenvalue weighted by molar-refractivity contribution is 5.77. The first kappa shape index (κ1) is 25.0. The zero-order valence-corrected chi connectivity index (χ0v) is 17.5. The molecule has 0 radical (unpaired) electrons. The molecule has 0 saturated heterocycles. The van der Waals surface area contributed by atoms with Crippen molar-refractivity contribution in [2.24, 2.45) is 0 Å². The normalized spacial score (nSPS) is 14.0. The molecule has 0 amide bonds. The van der Waals surface area contributed by atoms with Crippen molar-refractivity contribution in [1.29, 1.82) is 0 Å². The summed E-state index contributed by atoms with van der Waals surface area (Å²) in [6.07, 6.45) is -8.90. The largest absolute Gasteiger partial charge is 0.490 e. The average molecular weight is 490 g/mol. The van der Waals surface area contributed by atoms with Crippen LogP contribution in [0.25, 0.3) is 22.7 Å². The SMILES string of the molecule is Cc1ncc(-c2nc(-c3cc(C(CO)(OC(=O)C(F)(F)F)C(F)(F)F)ccc3C)cnc2N)o1. The first-order chi connectivity index (χ1) is 15.7. The fraction of sp³-hybridized carbons (Fsp3) is 0.300. The number of nitrogens with zero attached hydrogens (tertiary/aromatic N) is 3. The van der Waals surface area contributed by atoms with Gasteiger partial charge in [-0.25, -0.2) is 19.7 Å². The molecule has 2 heterocycles. The number of aryl methyl sites for hydroxylation is 2. The Morgan fingerprint density at radius 1 is 1.12 bits per heavy atom. The van der Waals surface area contributed by atoms with E-state index in [0.717, 1.165) is 24.4 Å². The molecule has 0 aliphatic heterocycles. The van der Waals surface area contributed by atoms with Crippen molar-refractivity contribution in [3.63, 3.8) is 0 Å². The van der Waals surface area contributed by atoms with Crippen molar-refractivity contribution in [1.82, 2.24) is 15.0 Å². The fourth-order valence-corrected chi connectivity index (χ4v) is 3.04. The third-order valence-corrected chi connectivity index (χ3v) is 4.81. The first-order valence-electron chi connectivity index (χ1n) is 9.34. The van der Waals surface area contributed by atoms with Gasteiger partial charge in [0.25, 0.3) is 5.60 Å². The van der Waals surface area contributed by atoms with Gasteiger partial charge >= 0.3 is 18.3 Å². The number of anilines is 1. The molecule has 1 unspecified atom stereocenters. The number of nitrogen functional groups attached to an aromatic ring is 1. The van der Waals surface area contributed by atoms with Crippen LogP contribution in [0.3, 0.4) is 0 Å². The number of hydrogen-bond donors (Lipinski definition) is 2. The minimum atomic E-state index is -5.73. The van der Waals surface area contributed by atoms with Crippen molar-refractivity contribution >= 4 is 11.8 Å². The molecule has 182 valence electrons. The van der Waals surface area contributed by atoms with Gasteiger partial charge in [-0.05, 0) is 18.6 Å². The van der Waals surface area contributed by atoms with Crippen molar-refractivity contribution in [2.75, 3.05) is 12.3 Å². The molecule has 1 aromatic carbocycles. The van der Waals surface area contributed by atoms with E-state index >= 15 is 0 Å². The van der Waals surface area contributed by atoms with Gasteiger partial charge in [0.1, 0.15) is 0 Å². The lowest BCUT2D eigenvalue weighted by atomic mass is 9.90. The minimum absolute atomic E-state index is 0.00683. The Morgan fingerprint density at radius 3 is 2.32 bits per heavy atom. The Balaban J connectivity index is 2.18. The predicted molar refractivity (Wildman–Crippen MR) is 104 cm³/mol. The number of hydrogen-bond acceptors (Lipinski definition) is 8. The molecule has 3 N–H and O–H groups in total. The van der Waals surface area contributed by atoms with E-state index < -0.39 is 36.1 Å². The zero-order chi connectivity index (χ0) is 25.5. The minimum Gasteiger partial charge on any atom is -0.439 e. The Morgan fingerprint density at radius 2 is 1.79 bits per heavy atom. The highest BCUT2D eigenvalue weighted by Crippen LogP contribution is 2.44. The second kappa shape index (κ2) is 8.59. The summed E-state index contributed by atoms with van der Waals surface area (Å²) in [6.45, 7) is 1.04. The van der Waals surface area contributed by atoms with Crippen LogP contribution < -0.4 is 5.73 Å². The van der Waals surface area contributed by atoms with Crippen LogP contribution in [0.15, 0.2) is 35.0 Å². The van der Waals surface area contributed by atoms with E-state index in [2.05, 4.69) is 19.7 Å². The van der Waals surface area contributed by atoms with E-state index in [1.54, 1.807) is 6.92 Å². The van der Waals surface area contributed by atoms with E-state index in [1.807, 2.05) is 0 Å². The van der Waals surface area contributed by atoms with Crippen LogP contribution in [-0.4, -0.2) is 45.0 Å². The number of aliphatic hydroxyl groups excluding tert-OH is 1. The summed E-state index contributed by atoms with van der Waals surface area (Å²) in [5, 5.41) is 9.51. The number of benzene rings is 1. The number of oxazole rings is 1. The Labute approximate surface area is 187 Å². The van der Waals surface area contributed by atoms with Crippen LogP contribution >= 0.6 is 0 Å². The van der Waals surface area contributed by atoms with Crippen LogP contribution in [0.5, 0.6) is 0 Å². The molecule has 2 aromatic heterocycles. The molecule has 14 heteroatoms. The summed E-state index contributed by atoms with van der Waals surface area (Å²) >= 11 is 0. The number of ether oxygens (including phenoxy) is 1. The van der Waals surface area contributed by atoms with E-state index in [1.165, 1.54) is 13.1 Å². The molecule has 3 rings (SSSR count). The second-order valence-corrected chi connectivity index (χ2v) is 7.13. The number of aromatic nitrogens is 3. The van der Waals surface area contributed by atoms with Crippen LogP contribution in [-0.2, 0) is 15.1 Å². The number of aliphatic hydroxyl groups is 1. The molecule has 0 bridgehead atoms. The number of nitrogens with two attached hydrogens (primary N) is 1. The molecule has 0 aliphatic carbocycles. The van der Waals surface area contributed by atoms with Gasteiger partial charge in [0.2, 0.25) is 0 Å². The van der Waals surface area contributed by atoms with E-state index in [9.17, 15) is 36.2 Å². The van der Waals surface area contributed by atoms with Gasteiger partial charge < -0.3 is 20.0 Å². The highest BCUT2D eigenvalue weighted by Gasteiger charge is 2.62. The number of rotatable bonds is 5. The van der Waals surface area contributed by atoms with Gasteiger partial charge in [0.05, 0.1) is 24.7 Å². The lowest BCUT2D eigenvalue weighted by Crippen LogP contribution is -2.51. The average Bonchev–Trinajstić information content (AvgIpc) is 3.17. The highest BCUT2D eigenvalue weighted by atomic mass is 19.4. The first-order valence-corrected chi connectivity index (χ1v) is 9.34. The summed E-state index contributed by atoms with van der Waals surface area (Å²) < 4.78 is 89.0. The fourth-order valence-electron chi connectivity index (χ4n) is 3.04. The van der Waals surface area contributed by atoms with E-state index in [0.29, 0.717) is 5.56 Å². The third kappa shape index (κ3) is 4.53. The van der Waals surface area contributed by atoms with Crippen molar-refractivity contribution in [2.45, 2.75) is 31.8 Å². The molecule has 1 atom stereocenters. The molecular formula is C20H16F6N4O4. The van der Waals surface area contributed by atoms with Crippen molar-refractivity contribution in [3.8, 4) is 22.7 Å². The van der Waals surface area contributed by atoms with Crippen LogP contribution in [0.1, 0.15) is 17.0 Å². The molecule has 8 nitrogen and oxygen atoms in total. The lowest BCUT2D eigenvalue weighted by molar-refractivity contribution is -0.299. The second-order valence-electron chi connectivity index (χ2n) is 7.13. The summed E-state index contributed by atoms with van der Waals surface area (Å²) in [4.78, 5) is 23.4. The van der Waals surface area contributed by atoms with Crippen LogP contribution in [0.4, 0.5) is 32.2 Å². The predicted octanol–water partition coefficient (Wildman–Crippen LogP) is 3.85. The molecule has 0 saturated carbocycles. The summed E-state index contributed by atoms with van der Waals surface area (Å²) in [5.74, 6) is -2.79. The maximum Gasteiger partial charge on any atom is 0.490 e. The Hall–Kier alpha value is -3.68. The summed E-state index contributed by atoms with van der Waals surface area (Å²) in [6, 6.07) is 2.73. The number of halogens is 6. The molecular weight excluding hydrogens is 474 g/mol. The smallest absolute Gasteiger partial charge is 0.439 e. The van der Waals surface area contributed by atoms with Gasteiger partial charge in [-0.2, -0.15) is 26.3 Å². The topological polar surface area (TPSA) is 124 Å². The maximum atomic E-state index is 13.9. The molecule has 3 aromatic rings. The number of alkyl halides is 6. The number of carbonyl (C=O) groups excluding carboxylic acids is 1. The number of esters is 1. The maximum absolute atomic E-state index is 13.9. The third-order valence-electron chi connectivity index (χ3n) is 4.81. The van der Waals surface area contributed by atoms with Crippen LogP contribution in [0, 0.1) is 13.8 Å². The van der Waals surface area contributed by atoms with Gasteiger partial charge in [-0.3, -0.25) is 0 Å². The van der Waals surface area contributed by atoms with Gasteiger partial charge in [0, 0.05) is 18.1 Å². The lowest BCUT2D eigenvalue weighted by Gasteiger charge is -2.34. The Bertz CT molecular complexity index is 1220. The monoisotopic (exact) mass is 490 g/mol. The van der Waals surface area contributed by atoms with Crippen molar-refractivity contribution < 1.29 is 45.4 Å². The van der Waals surface area contributed by atoms with Gasteiger partial charge in [-0.15, -0.1) is 0 Å². The van der Waals surface area contributed by atoms with Gasteiger partial charge in [0.15, 0.2) is 23.2 Å². The quantitative estimate of drug-likeness (QED) is 0.408. The standard InChI is InChI=1S/C20H16F6N4O4/c1-9-3-4-11(18(8-31,20(24,25)26)34-17(32)19(21,22)23)5-12(9)13-6-29-16(27)15(30-13)14-7-28-10(2)33-14/h3-7,31H,8H2,1-2H3,(H2,27,29). The van der Waals surface area contributed by atoms with Gasteiger partial charge in [-0.1, -0.05) is 12.1 Å². The molecule has 0 spiro atoms. The molecule has 34 heavy (non-hydrogen) atoms. The summed E-state index contributed by atoms with van der Waals surface area (Å²) in [5.41, 5.74) is 1.20. The molecule has 0 aliphatic rings. The van der Waals surface area contributed by atoms with E-state index in [4.69, 9.17) is 10.2 Å².